The van der Waals surface area contributed by atoms with Gasteiger partial charge in [0.15, 0.2) is 0 Å². The number of fused-ring (bicyclic) bond motifs is 2. The molecule has 28 heavy (non-hydrogen) atoms. The molecular formula is C21H24N6O. The number of phenolic OH excluding ortho intramolecular Hbond substituents is 1. The first kappa shape index (κ1) is 17.2. The largest absolute Gasteiger partial charge is 0.507 e. The Bertz CT molecular complexity index is 942. The van der Waals surface area contributed by atoms with E-state index in [-0.39, 0.29) is 5.75 Å². The van der Waals surface area contributed by atoms with Gasteiger partial charge in [0, 0.05) is 35.4 Å². The van der Waals surface area contributed by atoms with Gasteiger partial charge >= 0.3 is 0 Å². The number of piperidine rings is 1. The topological polar surface area (TPSA) is 90.0 Å². The molecule has 2 bridgehead atoms. The number of aromatic hydroxyl groups is 1. The Morgan fingerprint density at radius 1 is 1.07 bits per heavy atom. The number of nitrogens with one attached hydrogen (secondary N) is 2. The zero-order valence-corrected chi connectivity index (χ0v) is 15.8. The first-order chi connectivity index (χ1) is 13.7. The van der Waals surface area contributed by atoms with E-state index >= 15 is 0 Å². The smallest absolute Gasteiger partial charge is 0.148 e. The summed E-state index contributed by atoms with van der Waals surface area (Å²) in [6.07, 6.45) is 8.45. The van der Waals surface area contributed by atoms with Crippen molar-refractivity contribution in [3.8, 4) is 28.1 Å². The average Bonchev–Trinajstić information content (AvgIpc) is 3.29. The van der Waals surface area contributed by atoms with E-state index < -0.39 is 0 Å². The summed E-state index contributed by atoms with van der Waals surface area (Å²) in [5.41, 5.74) is 3.16. The molecule has 2 saturated heterocycles. The lowest BCUT2D eigenvalue weighted by Crippen LogP contribution is -2.44. The van der Waals surface area contributed by atoms with Gasteiger partial charge in [0.25, 0.3) is 0 Å². The molecule has 0 amide bonds. The SMILES string of the molecule is CN1[C@@H]2CC[C@H]1CC(Nc1ccc(-c3ccc(-c4cn[nH]c4)cc3O)nn1)C2. The Hall–Kier alpha value is -2.93. The molecule has 144 valence electrons. The Labute approximate surface area is 163 Å². The van der Waals surface area contributed by atoms with Crippen LogP contribution in [0.1, 0.15) is 25.7 Å². The Kier molecular flexibility index (Phi) is 4.24. The first-order valence-corrected chi connectivity index (χ1v) is 9.82. The van der Waals surface area contributed by atoms with E-state index in [4.69, 9.17) is 0 Å². The highest BCUT2D eigenvalue weighted by Gasteiger charge is 2.38. The fraction of sp³-hybridized carbons (Fsp3) is 0.381. The van der Waals surface area contributed by atoms with E-state index in [0.29, 0.717) is 29.4 Å². The summed E-state index contributed by atoms with van der Waals surface area (Å²) in [6.45, 7) is 0. The number of benzene rings is 1. The molecule has 1 unspecified atom stereocenters. The van der Waals surface area contributed by atoms with Crippen LogP contribution in [-0.2, 0) is 0 Å². The fourth-order valence-electron chi connectivity index (χ4n) is 4.63. The molecule has 3 aromatic rings. The lowest BCUT2D eigenvalue weighted by Gasteiger charge is -2.36. The van der Waals surface area contributed by atoms with Crippen molar-refractivity contribution >= 4 is 5.82 Å². The van der Waals surface area contributed by atoms with E-state index in [0.717, 1.165) is 29.8 Å². The highest BCUT2D eigenvalue weighted by atomic mass is 16.3. The van der Waals surface area contributed by atoms with E-state index in [9.17, 15) is 5.11 Å². The van der Waals surface area contributed by atoms with Crippen LogP contribution in [0, 0.1) is 0 Å². The number of rotatable bonds is 4. The van der Waals surface area contributed by atoms with Gasteiger partial charge in [-0.25, -0.2) is 0 Å². The first-order valence-electron chi connectivity index (χ1n) is 9.82. The third kappa shape index (κ3) is 3.11. The Morgan fingerprint density at radius 3 is 2.54 bits per heavy atom. The Balaban J connectivity index is 1.30. The van der Waals surface area contributed by atoms with Gasteiger partial charge in [-0.05, 0) is 62.6 Å². The van der Waals surface area contributed by atoms with Crippen LogP contribution in [0.5, 0.6) is 5.75 Å². The summed E-state index contributed by atoms with van der Waals surface area (Å²) in [5, 5.41) is 29.4. The van der Waals surface area contributed by atoms with E-state index in [1.807, 2.05) is 24.3 Å². The molecule has 0 radical (unpaired) electrons. The Morgan fingerprint density at radius 2 is 1.89 bits per heavy atom. The summed E-state index contributed by atoms with van der Waals surface area (Å²) in [4.78, 5) is 2.53. The lowest BCUT2D eigenvalue weighted by molar-refractivity contribution is 0.168. The van der Waals surface area contributed by atoms with Crippen LogP contribution in [0.2, 0.25) is 0 Å². The molecule has 2 aliphatic rings. The number of hydrogen-bond acceptors (Lipinski definition) is 6. The zero-order chi connectivity index (χ0) is 19.1. The molecule has 3 atom stereocenters. The van der Waals surface area contributed by atoms with Crippen LogP contribution in [0.4, 0.5) is 5.82 Å². The second-order valence-electron chi connectivity index (χ2n) is 7.89. The standard InChI is InChI=1S/C21H24N6O/c1-27-16-3-4-17(27)10-15(9-16)24-21-7-6-19(25-26-21)18-5-2-13(8-20(18)28)14-11-22-23-12-14/h2,5-8,11-12,15-17,28H,3-4,9-10H2,1H3,(H,22,23)(H,24,26)/t15?,16-,17+. The molecule has 5 rings (SSSR count). The van der Waals surface area contributed by atoms with Gasteiger partial charge in [-0.15, -0.1) is 10.2 Å². The van der Waals surface area contributed by atoms with Crippen LogP contribution in [-0.4, -0.2) is 55.6 Å². The molecule has 3 N–H and O–H groups in total. The van der Waals surface area contributed by atoms with Crippen molar-refractivity contribution in [3.05, 3.63) is 42.7 Å². The van der Waals surface area contributed by atoms with Gasteiger partial charge in [0.05, 0.1) is 11.9 Å². The molecule has 0 spiro atoms. The van der Waals surface area contributed by atoms with Gasteiger partial charge in [-0.1, -0.05) is 6.07 Å². The number of aromatic nitrogens is 4. The summed E-state index contributed by atoms with van der Waals surface area (Å²) < 4.78 is 0. The van der Waals surface area contributed by atoms with Gasteiger partial charge in [0.2, 0.25) is 0 Å². The lowest BCUT2D eigenvalue weighted by atomic mass is 9.98. The van der Waals surface area contributed by atoms with Crippen molar-refractivity contribution in [3.63, 3.8) is 0 Å². The molecule has 0 aliphatic carbocycles. The maximum absolute atomic E-state index is 10.4. The van der Waals surface area contributed by atoms with Crippen LogP contribution in [0.25, 0.3) is 22.4 Å². The van der Waals surface area contributed by atoms with Crippen molar-refractivity contribution in [2.24, 2.45) is 0 Å². The van der Waals surface area contributed by atoms with Crippen molar-refractivity contribution in [1.82, 2.24) is 25.3 Å². The number of nitrogens with zero attached hydrogens (tertiary/aromatic N) is 4. The fourth-order valence-corrected chi connectivity index (χ4v) is 4.63. The monoisotopic (exact) mass is 376 g/mol. The van der Waals surface area contributed by atoms with Gasteiger partial charge < -0.3 is 15.3 Å². The quantitative estimate of drug-likeness (QED) is 0.647. The molecule has 7 heteroatoms. The second kappa shape index (κ2) is 6.91. The van der Waals surface area contributed by atoms with Crippen LogP contribution >= 0.6 is 0 Å². The molecule has 1 aromatic carbocycles. The van der Waals surface area contributed by atoms with Crippen LogP contribution < -0.4 is 5.32 Å². The van der Waals surface area contributed by atoms with E-state index in [2.05, 4.69) is 37.7 Å². The highest BCUT2D eigenvalue weighted by molar-refractivity contribution is 5.73. The molecule has 7 nitrogen and oxygen atoms in total. The number of phenols is 1. The number of anilines is 1. The minimum absolute atomic E-state index is 0.181. The molecule has 4 heterocycles. The van der Waals surface area contributed by atoms with Gasteiger partial charge in [-0.2, -0.15) is 5.10 Å². The molecule has 0 saturated carbocycles. The van der Waals surface area contributed by atoms with Crippen molar-refractivity contribution in [2.75, 3.05) is 12.4 Å². The third-order valence-corrected chi connectivity index (χ3v) is 6.22. The van der Waals surface area contributed by atoms with Gasteiger partial charge in [0.1, 0.15) is 11.6 Å². The van der Waals surface area contributed by atoms with E-state index in [1.54, 1.807) is 18.5 Å². The summed E-state index contributed by atoms with van der Waals surface area (Å²) in [5.74, 6) is 0.979. The minimum atomic E-state index is 0.181. The molecular weight excluding hydrogens is 352 g/mol. The minimum Gasteiger partial charge on any atom is -0.507 e. The molecule has 2 fully saturated rings. The predicted octanol–water partition coefficient (Wildman–Crippen LogP) is 3.28. The number of hydrogen-bond donors (Lipinski definition) is 3. The predicted molar refractivity (Wildman–Crippen MR) is 108 cm³/mol. The molecule has 2 aliphatic heterocycles. The van der Waals surface area contributed by atoms with Crippen LogP contribution in [0.3, 0.4) is 0 Å². The number of H-pyrrole nitrogens is 1. The second-order valence-corrected chi connectivity index (χ2v) is 7.89. The number of aromatic amines is 1. The zero-order valence-electron chi connectivity index (χ0n) is 15.8. The maximum Gasteiger partial charge on any atom is 0.148 e. The van der Waals surface area contributed by atoms with Crippen LogP contribution in [0.15, 0.2) is 42.7 Å². The summed E-state index contributed by atoms with van der Waals surface area (Å²) in [6, 6.07) is 11.2. The molecule has 2 aromatic heterocycles. The van der Waals surface area contributed by atoms with E-state index in [1.165, 1.54) is 12.8 Å². The van der Waals surface area contributed by atoms with Gasteiger partial charge in [-0.3, -0.25) is 5.10 Å². The maximum atomic E-state index is 10.4. The summed E-state index contributed by atoms with van der Waals surface area (Å²) in [7, 11) is 2.25. The van der Waals surface area contributed by atoms with Crippen molar-refractivity contribution in [2.45, 2.75) is 43.8 Å². The van der Waals surface area contributed by atoms with Crippen molar-refractivity contribution < 1.29 is 5.11 Å². The third-order valence-electron chi connectivity index (χ3n) is 6.22. The normalized spacial score (nSPS) is 24.4. The highest BCUT2D eigenvalue weighted by Crippen LogP contribution is 2.36. The average molecular weight is 376 g/mol. The summed E-state index contributed by atoms with van der Waals surface area (Å²) >= 11 is 0. The van der Waals surface area contributed by atoms with Crippen molar-refractivity contribution in [1.29, 1.82) is 0 Å².